The van der Waals surface area contributed by atoms with Gasteiger partial charge in [0.15, 0.2) is 0 Å². The molecular weight excluding hydrogens is 256 g/mol. The molecule has 1 aromatic rings. The van der Waals surface area contributed by atoms with Gasteiger partial charge in [0, 0.05) is 13.1 Å². The molecule has 5 nitrogen and oxygen atoms in total. The molecule has 0 aromatic heterocycles. The van der Waals surface area contributed by atoms with Crippen molar-refractivity contribution in [3.05, 3.63) is 23.8 Å². The van der Waals surface area contributed by atoms with Gasteiger partial charge in [0.2, 0.25) is 0 Å². The number of ether oxygens (including phenoxy) is 1. The average Bonchev–Trinajstić information content (AvgIpc) is 2.93. The number of carbonyl (C=O) groups excluding carboxylic acids is 1. The minimum Gasteiger partial charge on any atom is -0.507 e. The highest BCUT2D eigenvalue weighted by Crippen LogP contribution is 2.23. The quantitative estimate of drug-likeness (QED) is 0.856. The van der Waals surface area contributed by atoms with Crippen LogP contribution in [-0.2, 0) is 0 Å². The number of methoxy groups -OCH3 is 1. The van der Waals surface area contributed by atoms with E-state index in [2.05, 4.69) is 17.1 Å². The molecule has 2 rings (SSSR count). The molecule has 0 saturated carbocycles. The fourth-order valence-electron chi connectivity index (χ4n) is 2.52. The highest BCUT2D eigenvalue weighted by Gasteiger charge is 2.22. The van der Waals surface area contributed by atoms with Gasteiger partial charge in [0.25, 0.3) is 5.91 Å². The first kappa shape index (κ1) is 14.7. The third-order valence-electron chi connectivity index (χ3n) is 3.82. The van der Waals surface area contributed by atoms with Gasteiger partial charge in [-0.25, -0.2) is 0 Å². The summed E-state index contributed by atoms with van der Waals surface area (Å²) in [6.07, 6.45) is 1.11. The maximum Gasteiger partial charge on any atom is 0.255 e. The Hall–Kier alpha value is -1.75. The highest BCUT2D eigenvalue weighted by molar-refractivity contribution is 5.97. The van der Waals surface area contributed by atoms with E-state index in [1.165, 1.54) is 13.2 Å². The lowest BCUT2D eigenvalue weighted by atomic mass is 10.1. The van der Waals surface area contributed by atoms with Crippen LogP contribution in [0.4, 0.5) is 0 Å². The Morgan fingerprint density at radius 2 is 2.35 bits per heavy atom. The Morgan fingerprint density at radius 3 is 3.00 bits per heavy atom. The van der Waals surface area contributed by atoms with Gasteiger partial charge < -0.3 is 20.1 Å². The van der Waals surface area contributed by atoms with Crippen LogP contribution in [0.2, 0.25) is 0 Å². The van der Waals surface area contributed by atoms with Crippen LogP contribution in [0.25, 0.3) is 0 Å². The zero-order chi connectivity index (χ0) is 14.5. The highest BCUT2D eigenvalue weighted by atomic mass is 16.5. The van der Waals surface area contributed by atoms with E-state index in [-0.39, 0.29) is 17.2 Å². The molecule has 0 spiro atoms. The van der Waals surface area contributed by atoms with Gasteiger partial charge in [-0.1, -0.05) is 6.92 Å². The molecule has 0 bridgehead atoms. The van der Waals surface area contributed by atoms with Crippen LogP contribution in [0.5, 0.6) is 11.5 Å². The van der Waals surface area contributed by atoms with Crippen molar-refractivity contribution >= 4 is 5.91 Å². The Balaban J connectivity index is 1.92. The summed E-state index contributed by atoms with van der Waals surface area (Å²) in [4.78, 5) is 14.5. The molecule has 110 valence electrons. The molecule has 1 heterocycles. The van der Waals surface area contributed by atoms with E-state index in [0.717, 1.165) is 26.1 Å². The van der Waals surface area contributed by atoms with Gasteiger partial charge >= 0.3 is 0 Å². The zero-order valence-electron chi connectivity index (χ0n) is 12.1. The SMILES string of the molecule is CCN1CCC(CNC(=O)c2cc(OC)ccc2O)C1. The molecule has 0 aliphatic carbocycles. The molecule has 2 N–H and O–H groups in total. The van der Waals surface area contributed by atoms with E-state index in [1.807, 2.05) is 0 Å². The number of phenols is 1. The molecule has 0 radical (unpaired) electrons. The van der Waals surface area contributed by atoms with E-state index in [1.54, 1.807) is 12.1 Å². The van der Waals surface area contributed by atoms with Gasteiger partial charge in [-0.2, -0.15) is 0 Å². The molecule has 1 atom stereocenters. The number of nitrogens with one attached hydrogen (secondary N) is 1. The summed E-state index contributed by atoms with van der Waals surface area (Å²) in [5.41, 5.74) is 0.259. The predicted molar refractivity (Wildman–Crippen MR) is 77.2 cm³/mol. The minimum absolute atomic E-state index is 0.0232. The maximum atomic E-state index is 12.1. The van der Waals surface area contributed by atoms with E-state index in [4.69, 9.17) is 4.74 Å². The molecule has 1 unspecified atom stereocenters. The van der Waals surface area contributed by atoms with Crippen LogP contribution in [-0.4, -0.2) is 49.2 Å². The van der Waals surface area contributed by atoms with E-state index >= 15 is 0 Å². The summed E-state index contributed by atoms with van der Waals surface area (Å²) >= 11 is 0. The molecular formula is C15H22N2O3. The van der Waals surface area contributed by atoms with Crippen LogP contribution in [0.3, 0.4) is 0 Å². The maximum absolute atomic E-state index is 12.1. The first-order chi connectivity index (χ1) is 9.63. The van der Waals surface area contributed by atoms with Crippen LogP contribution < -0.4 is 10.1 Å². The molecule has 1 amide bonds. The molecule has 1 fully saturated rings. The number of phenolic OH excluding ortho intramolecular Hbond substituents is 1. The zero-order valence-corrected chi connectivity index (χ0v) is 12.1. The van der Waals surface area contributed by atoms with Crippen molar-refractivity contribution in [2.24, 2.45) is 5.92 Å². The van der Waals surface area contributed by atoms with E-state index < -0.39 is 0 Å². The number of hydrogen-bond donors (Lipinski definition) is 2. The lowest BCUT2D eigenvalue weighted by Crippen LogP contribution is -2.31. The average molecular weight is 278 g/mol. The van der Waals surface area contributed by atoms with E-state index in [9.17, 15) is 9.90 Å². The molecule has 20 heavy (non-hydrogen) atoms. The van der Waals surface area contributed by atoms with Crippen LogP contribution in [0.1, 0.15) is 23.7 Å². The topological polar surface area (TPSA) is 61.8 Å². The number of rotatable bonds is 5. The van der Waals surface area contributed by atoms with Gasteiger partial charge in [0.1, 0.15) is 11.5 Å². The second kappa shape index (κ2) is 6.61. The van der Waals surface area contributed by atoms with Gasteiger partial charge in [-0.05, 0) is 43.6 Å². The molecule has 1 saturated heterocycles. The van der Waals surface area contributed by atoms with Crippen molar-refractivity contribution in [2.45, 2.75) is 13.3 Å². The summed E-state index contributed by atoms with van der Waals surface area (Å²) in [5.74, 6) is 0.777. The van der Waals surface area contributed by atoms with Crippen molar-refractivity contribution in [2.75, 3.05) is 33.3 Å². The third-order valence-corrected chi connectivity index (χ3v) is 3.82. The number of amides is 1. The molecule has 1 aliphatic heterocycles. The Morgan fingerprint density at radius 1 is 1.55 bits per heavy atom. The summed E-state index contributed by atoms with van der Waals surface area (Å²) in [5, 5.41) is 12.6. The van der Waals surface area contributed by atoms with Crippen molar-refractivity contribution in [1.29, 1.82) is 0 Å². The minimum atomic E-state index is -0.253. The number of nitrogens with zero attached hydrogens (tertiary/aromatic N) is 1. The van der Waals surface area contributed by atoms with Crippen molar-refractivity contribution in [3.8, 4) is 11.5 Å². The number of aromatic hydroxyl groups is 1. The van der Waals surface area contributed by atoms with Crippen molar-refractivity contribution in [3.63, 3.8) is 0 Å². The lowest BCUT2D eigenvalue weighted by Gasteiger charge is -2.14. The number of hydrogen-bond acceptors (Lipinski definition) is 4. The van der Waals surface area contributed by atoms with Crippen LogP contribution in [0.15, 0.2) is 18.2 Å². The Bertz CT molecular complexity index is 476. The van der Waals surface area contributed by atoms with E-state index in [0.29, 0.717) is 18.2 Å². The smallest absolute Gasteiger partial charge is 0.255 e. The third kappa shape index (κ3) is 3.42. The summed E-state index contributed by atoms with van der Waals surface area (Å²) < 4.78 is 5.07. The Labute approximate surface area is 119 Å². The monoisotopic (exact) mass is 278 g/mol. The van der Waals surface area contributed by atoms with Gasteiger partial charge in [-0.15, -0.1) is 0 Å². The number of benzene rings is 1. The lowest BCUT2D eigenvalue weighted by molar-refractivity contribution is 0.0944. The summed E-state index contributed by atoms with van der Waals surface area (Å²) in [6.45, 7) is 5.98. The van der Waals surface area contributed by atoms with Crippen LogP contribution in [0, 0.1) is 5.92 Å². The Kier molecular flexibility index (Phi) is 4.84. The second-order valence-corrected chi connectivity index (χ2v) is 5.14. The fourth-order valence-corrected chi connectivity index (χ4v) is 2.52. The largest absolute Gasteiger partial charge is 0.507 e. The van der Waals surface area contributed by atoms with Gasteiger partial charge in [-0.3, -0.25) is 4.79 Å². The predicted octanol–water partition coefficient (Wildman–Crippen LogP) is 1.47. The first-order valence-corrected chi connectivity index (χ1v) is 7.01. The molecule has 1 aromatic carbocycles. The second-order valence-electron chi connectivity index (χ2n) is 5.14. The molecule has 5 heteroatoms. The first-order valence-electron chi connectivity index (χ1n) is 7.01. The van der Waals surface area contributed by atoms with Crippen molar-refractivity contribution in [1.82, 2.24) is 10.2 Å². The normalized spacial score (nSPS) is 19.0. The number of likely N-dealkylation sites (tertiary alicyclic amines) is 1. The molecule has 1 aliphatic rings. The fraction of sp³-hybridized carbons (Fsp3) is 0.533. The van der Waals surface area contributed by atoms with Gasteiger partial charge in [0.05, 0.1) is 12.7 Å². The summed E-state index contributed by atoms with van der Waals surface area (Å²) in [7, 11) is 1.53. The van der Waals surface area contributed by atoms with Crippen LogP contribution >= 0.6 is 0 Å². The summed E-state index contributed by atoms with van der Waals surface area (Å²) in [6, 6.07) is 4.65. The number of carbonyl (C=O) groups is 1. The van der Waals surface area contributed by atoms with Crippen molar-refractivity contribution < 1.29 is 14.6 Å². The standard InChI is InChI=1S/C15H22N2O3/c1-3-17-7-6-11(10-17)9-16-15(19)13-8-12(20-2)4-5-14(13)18/h4-5,8,11,18H,3,6-7,9-10H2,1-2H3,(H,16,19).